The largest absolute Gasteiger partial charge is 0.369 e. The van der Waals surface area contributed by atoms with E-state index in [4.69, 9.17) is 0 Å². The maximum atomic E-state index is 12.0. The molecule has 2 rings (SSSR count). The fourth-order valence-corrected chi connectivity index (χ4v) is 1.76. The van der Waals surface area contributed by atoms with Gasteiger partial charge in [0, 0.05) is 18.3 Å². The van der Waals surface area contributed by atoms with Gasteiger partial charge in [-0.25, -0.2) is 4.98 Å². The molecule has 2 heterocycles. The summed E-state index contributed by atoms with van der Waals surface area (Å²) in [6.07, 6.45) is 0. The lowest BCUT2D eigenvalue weighted by Gasteiger charge is -2.19. The molecule has 0 radical (unpaired) electrons. The van der Waals surface area contributed by atoms with Crippen molar-refractivity contribution in [1.82, 2.24) is 9.38 Å². The predicted octanol–water partition coefficient (Wildman–Crippen LogP) is 2.46. The van der Waals surface area contributed by atoms with Crippen LogP contribution in [0.3, 0.4) is 0 Å². The molecule has 1 N–H and O–H groups in total. The van der Waals surface area contributed by atoms with Gasteiger partial charge < -0.3 is 5.32 Å². The van der Waals surface area contributed by atoms with E-state index in [1.54, 1.807) is 10.5 Å². The van der Waals surface area contributed by atoms with Gasteiger partial charge in [-0.3, -0.25) is 9.20 Å². The first-order chi connectivity index (χ1) is 8.37. The van der Waals surface area contributed by atoms with E-state index in [0.717, 1.165) is 12.2 Å². The molecule has 2 aromatic rings. The van der Waals surface area contributed by atoms with Crippen molar-refractivity contribution >= 4 is 11.5 Å². The van der Waals surface area contributed by atoms with Gasteiger partial charge in [0.2, 0.25) is 0 Å². The quantitative estimate of drug-likeness (QED) is 0.884. The van der Waals surface area contributed by atoms with Crippen molar-refractivity contribution in [2.24, 2.45) is 5.41 Å². The van der Waals surface area contributed by atoms with Crippen LogP contribution >= 0.6 is 0 Å². The molecule has 0 spiro atoms. The minimum Gasteiger partial charge on any atom is -0.369 e. The van der Waals surface area contributed by atoms with Gasteiger partial charge in [0.15, 0.2) is 0 Å². The van der Waals surface area contributed by atoms with Crippen LogP contribution in [0.4, 0.5) is 5.82 Å². The van der Waals surface area contributed by atoms with Crippen LogP contribution < -0.4 is 10.9 Å². The van der Waals surface area contributed by atoms with E-state index in [2.05, 4.69) is 31.1 Å². The SMILES string of the molecule is Cc1cccc2nc(NCC(C)(C)C)cc(=O)n12. The number of aryl methyl sites for hydroxylation is 1. The molecule has 0 unspecified atom stereocenters. The lowest BCUT2D eigenvalue weighted by molar-refractivity contribution is 0.442. The molecule has 0 aliphatic heterocycles. The molecule has 0 saturated carbocycles. The van der Waals surface area contributed by atoms with Gasteiger partial charge in [0.25, 0.3) is 5.56 Å². The molecule has 4 heteroatoms. The maximum absolute atomic E-state index is 12.0. The Morgan fingerprint density at radius 1 is 1.33 bits per heavy atom. The van der Waals surface area contributed by atoms with Crippen LogP contribution in [0.15, 0.2) is 29.1 Å². The van der Waals surface area contributed by atoms with Crippen molar-refractivity contribution in [1.29, 1.82) is 0 Å². The van der Waals surface area contributed by atoms with Crippen LogP contribution in [-0.2, 0) is 0 Å². The van der Waals surface area contributed by atoms with Crippen molar-refractivity contribution in [2.75, 3.05) is 11.9 Å². The second kappa shape index (κ2) is 4.44. The smallest absolute Gasteiger partial charge is 0.260 e. The Hall–Kier alpha value is -1.84. The van der Waals surface area contributed by atoms with Gasteiger partial charge in [0.05, 0.1) is 0 Å². The Morgan fingerprint density at radius 2 is 2.06 bits per heavy atom. The number of fused-ring (bicyclic) bond motifs is 1. The highest BCUT2D eigenvalue weighted by Gasteiger charge is 2.10. The van der Waals surface area contributed by atoms with E-state index < -0.39 is 0 Å². The first-order valence-corrected chi connectivity index (χ1v) is 6.10. The monoisotopic (exact) mass is 245 g/mol. The highest BCUT2D eigenvalue weighted by molar-refractivity contribution is 5.47. The molecule has 0 aliphatic carbocycles. The third-order valence-electron chi connectivity index (χ3n) is 2.68. The number of nitrogens with one attached hydrogen (secondary N) is 1. The summed E-state index contributed by atoms with van der Waals surface area (Å²) in [5, 5.41) is 3.21. The fraction of sp³-hybridized carbons (Fsp3) is 0.429. The van der Waals surface area contributed by atoms with Gasteiger partial charge >= 0.3 is 0 Å². The molecule has 0 aliphatic rings. The van der Waals surface area contributed by atoms with Crippen molar-refractivity contribution in [3.63, 3.8) is 0 Å². The summed E-state index contributed by atoms with van der Waals surface area (Å²) in [5.41, 5.74) is 1.68. The van der Waals surface area contributed by atoms with E-state index in [-0.39, 0.29) is 11.0 Å². The van der Waals surface area contributed by atoms with Gasteiger partial charge in [0.1, 0.15) is 11.5 Å². The average Bonchev–Trinajstić information content (AvgIpc) is 2.25. The predicted molar refractivity (Wildman–Crippen MR) is 74.1 cm³/mol. The number of anilines is 1. The molecular weight excluding hydrogens is 226 g/mol. The molecule has 0 bridgehead atoms. The first kappa shape index (κ1) is 12.6. The van der Waals surface area contributed by atoms with E-state index in [0.29, 0.717) is 11.5 Å². The zero-order chi connectivity index (χ0) is 13.3. The third kappa shape index (κ3) is 2.70. The molecule has 0 aromatic carbocycles. The highest BCUT2D eigenvalue weighted by Crippen LogP contribution is 2.14. The molecule has 0 saturated heterocycles. The normalized spacial score (nSPS) is 11.8. The van der Waals surface area contributed by atoms with E-state index in [9.17, 15) is 4.79 Å². The van der Waals surface area contributed by atoms with Crippen LogP contribution in [0.1, 0.15) is 26.5 Å². The topological polar surface area (TPSA) is 46.4 Å². The molecule has 18 heavy (non-hydrogen) atoms. The van der Waals surface area contributed by atoms with Crippen molar-refractivity contribution in [2.45, 2.75) is 27.7 Å². The van der Waals surface area contributed by atoms with Gasteiger partial charge in [-0.2, -0.15) is 0 Å². The van der Waals surface area contributed by atoms with Gasteiger partial charge in [-0.15, -0.1) is 0 Å². The third-order valence-corrected chi connectivity index (χ3v) is 2.68. The lowest BCUT2D eigenvalue weighted by Crippen LogP contribution is -2.22. The number of hydrogen-bond donors (Lipinski definition) is 1. The van der Waals surface area contributed by atoms with E-state index >= 15 is 0 Å². The van der Waals surface area contributed by atoms with E-state index in [1.165, 1.54) is 0 Å². The molecule has 96 valence electrons. The molecule has 4 nitrogen and oxygen atoms in total. The summed E-state index contributed by atoms with van der Waals surface area (Å²) in [4.78, 5) is 16.5. The lowest BCUT2D eigenvalue weighted by atomic mass is 9.97. The zero-order valence-electron chi connectivity index (χ0n) is 11.3. The summed E-state index contributed by atoms with van der Waals surface area (Å²) in [5.74, 6) is 0.639. The van der Waals surface area contributed by atoms with Gasteiger partial charge in [-0.1, -0.05) is 26.8 Å². The summed E-state index contributed by atoms with van der Waals surface area (Å²) in [6, 6.07) is 7.20. The number of hydrogen-bond acceptors (Lipinski definition) is 3. The number of aromatic nitrogens is 2. The molecule has 2 aromatic heterocycles. The van der Waals surface area contributed by atoms with Crippen LogP contribution in [0.25, 0.3) is 5.65 Å². The molecule has 0 fully saturated rings. The number of pyridine rings is 1. The number of rotatable bonds is 2. The van der Waals surface area contributed by atoms with Crippen LogP contribution in [0.5, 0.6) is 0 Å². The number of nitrogens with zero attached hydrogens (tertiary/aromatic N) is 2. The van der Waals surface area contributed by atoms with Crippen molar-refractivity contribution < 1.29 is 0 Å². The molecular formula is C14H19N3O. The van der Waals surface area contributed by atoms with Crippen molar-refractivity contribution in [3.05, 3.63) is 40.3 Å². The average molecular weight is 245 g/mol. The molecule has 0 amide bonds. The second-order valence-electron chi connectivity index (χ2n) is 5.75. The Labute approximate surface area is 107 Å². The Kier molecular flexibility index (Phi) is 3.11. The summed E-state index contributed by atoms with van der Waals surface area (Å²) < 4.78 is 1.61. The zero-order valence-corrected chi connectivity index (χ0v) is 11.3. The van der Waals surface area contributed by atoms with Crippen molar-refractivity contribution in [3.8, 4) is 0 Å². The Balaban J connectivity index is 2.41. The maximum Gasteiger partial charge on any atom is 0.260 e. The first-order valence-electron chi connectivity index (χ1n) is 6.10. The Bertz CT molecular complexity index is 623. The summed E-state index contributed by atoms with van der Waals surface area (Å²) >= 11 is 0. The fourth-order valence-electron chi connectivity index (χ4n) is 1.76. The summed E-state index contributed by atoms with van der Waals surface area (Å²) in [7, 11) is 0. The summed E-state index contributed by atoms with van der Waals surface area (Å²) in [6.45, 7) is 9.09. The minimum atomic E-state index is -0.0468. The Morgan fingerprint density at radius 3 is 2.72 bits per heavy atom. The van der Waals surface area contributed by atoms with Crippen LogP contribution in [0, 0.1) is 12.3 Å². The van der Waals surface area contributed by atoms with Gasteiger partial charge in [-0.05, 0) is 24.5 Å². The standard InChI is InChI=1S/C14H19N3O/c1-10-6-5-7-12-16-11(8-13(18)17(10)12)15-9-14(2,3)4/h5-8,15H,9H2,1-4H3. The van der Waals surface area contributed by atoms with Crippen LogP contribution in [0.2, 0.25) is 0 Å². The minimum absolute atomic E-state index is 0.0468. The van der Waals surface area contributed by atoms with E-state index in [1.807, 2.05) is 25.1 Å². The molecule has 0 atom stereocenters. The second-order valence-corrected chi connectivity index (χ2v) is 5.75. The van der Waals surface area contributed by atoms with Crippen LogP contribution in [-0.4, -0.2) is 15.9 Å². The highest BCUT2D eigenvalue weighted by atomic mass is 16.1.